The number of rotatable bonds is 7. The Hall–Kier alpha value is -0.0400. The Balaban J connectivity index is -0.000000376. The van der Waals surface area contributed by atoms with Crippen LogP contribution in [-0.2, 0) is 0 Å². The molecule has 1 N–H and O–H groups in total. The third-order valence-electron chi connectivity index (χ3n) is 3.33. The van der Waals surface area contributed by atoms with Crippen LogP contribution in [0, 0.1) is 5.41 Å². The molecule has 0 aromatic rings. The van der Waals surface area contributed by atoms with E-state index in [1.54, 1.807) is 0 Å². The quantitative estimate of drug-likeness (QED) is 0.590. The van der Waals surface area contributed by atoms with Gasteiger partial charge in [-0.25, -0.2) is 0 Å². The van der Waals surface area contributed by atoms with Crippen molar-refractivity contribution in [3.63, 3.8) is 0 Å². The lowest BCUT2D eigenvalue weighted by Crippen LogP contribution is -2.25. The van der Waals surface area contributed by atoms with E-state index in [0.717, 1.165) is 6.54 Å². The fourth-order valence-corrected chi connectivity index (χ4v) is 1.81. The highest BCUT2D eigenvalue weighted by Gasteiger charge is 2.22. The molecule has 0 unspecified atom stereocenters. The van der Waals surface area contributed by atoms with E-state index in [1.165, 1.54) is 32.2 Å². The molecule has 0 bridgehead atoms. The zero-order chi connectivity index (χ0) is 13.4. The predicted molar refractivity (Wildman–Crippen MR) is 79.2 cm³/mol. The summed E-state index contributed by atoms with van der Waals surface area (Å²) in [5.41, 5.74) is 0.613. The summed E-state index contributed by atoms with van der Waals surface area (Å²) >= 11 is 0. The second-order valence-electron chi connectivity index (χ2n) is 3.66. The van der Waals surface area contributed by atoms with E-state index in [2.05, 4.69) is 33.0 Å². The van der Waals surface area contributed by atoms with Gasteiger partial charge in [0.05, 0.1) is 0 Å². The van der Waals surface area contributed by atoms with Crippen LogP contribution in [0.2, 0.25) is 0 Å². The van der Waals surface area contributed by atoms with Gasteiger partial charge >= 0.3 is 0 Å². The Morgan fingerprint density at radius 1 is 0.750 bits per heavy atom. The van der Waals surface area contributed by atoms with Gasteiger partial charge < -0.3 is 5.32 Å². The summed E-state index contributed by atoms with van der Waals surface area (Å²) in [5, 5.41) is 3.41. The van der Waals surface area contributed by atoms with Gasteiger partial charge in [0.1, 0.15) is 0 Å². The molecule has 0 saturated carbocycles. The van der Waals surface area contributed by atoms with Gasteiger partial charge in [0.2, 0.25) is 0 Å². The summed E-state index contributed by atoms with van der Waals surface area (Å²) in [6.45, 7) is 19.4. The Bertz CT molecular complexity index is 87.3. The lowest BCUT2D eigenvalue weighted by Gasteiger charge is -2.30. The van der Waals surface area contributed by atoms with E-state index in [9.17, 15) is 0 Å². The molecule has 0 amide bonds. The van der Waals surface area contributed by atoms with Gasteiger partial charge in [-0.3, -0.25) is 0 Å². The standard InChI is InChI=1S/C11H25N.2C2H6/c1-5-11(6-2,7-3)9-10-12-8-4;2*1-2/h12H,5-10H2,1-4H3;2*1-2H3. The first kappa shape index (κ1) is 21.3. The number of nitrogens with one attached hydrogen (secondary N) is 1. The van der Waals surface area contributed by atoms with Crippen LogP contribution < -0.4 is 5.32 Å². The summed E-state index contributed by atoms with van der Waals surface area (Å²) in [4.78, 5) is 0. The minimum Gasteiger partial charge on any atom is -0.317 e. The smallest absolute Gasteiger partial charge is 0.00437 e. The molecule has 0 saturated heterocycles. The van der Waals surface area contributed by atoms with Crippen molar-refractivity contribution in [2.75, 3.05) is 13.1 Å². The first-order chi connectivity index (χ1) is 7.74. The van der Waals surface area contributed by atoms with E-state index >= 15 is 0 Å². The molecule has 0 aliphatic rings. The average Bonchev–Trinajstić information content (AvgIpc) is 2.40. The summed E-state index contributed by atoms with van der Waals surface area (Å²) in [6.07, 6.45) is 5.31. The summed E-state index contributed by atoms with van der Waals surface area (Å²) in [7, 11) is 0. The van der Waals surface area contributed by atoms with E-state index in [4.69, 9.17) is 0 Å². The van der Waals surface area contributed by atoms with Crippen molar-refractivity contribution < 1.29 is 0 Å². The Morgan fingerprint density at radius 2 is 1.12 bits per heavy atom. The average molecular weight is 231 g/mol. The first-order valence-electron chi connectivity index (χ1n) is 7.45. The lowest BCUT2D eigenvalue weighted by molar-refractivity contribution is 0.227. The maximum absolute atomic E-state index is 3.41. The monoisotopic (exact) mass is 231 g/mol. The molecule has 1 nitrogen and oxygen atoms in total. The highest BCUT2D eigenvalue weighted by atomic mass is 14.8. The molecule has 0 atom stereocenters. The van der Waals surface area contributed by atoms with E-state index < -0.39 is 0 Å². The molecule has 16 heavy (non-hydrogen) atoms. The Kier molecular flexibility index (Phi) is 23.1. The van der Waals surface area contributed by atoms with Crippen molar-refractivity contribution in [2.45, 2.75) is 81.1 Å². The van der Waals surface area contributed by atoms with Crippen molar-refractivity contribution in [3.8, 4) is 0 Å². The van der Waals surface area contributed by atoms with Crippen LogP contribution in [0.5, 0.6) is 0 Å². The highest BCUT2D eigenvalue weighted by Crippen LogP contribution is 2.33. The van der Waals surface area contributed by atoms with Crippen molar-refractivity contribution in [2.24, 2.45) is 5.41 Å². The summed E-state index contributed by atoms with van der Waals surface area (Å²) in [6, 6.07) is 0. The second kappa shape index (κ2) is 17.4. The third kappa shape index (κ3) is 10.5. The zero-order valence-electron chi connectivity index (χ0n) is 13.2. The fourth-order valence-electron chi connectivity index (χ4n) is 1.81. The van der Waals surface area contributed by atoms with E-state index in [1.807, 2.05) is 27.7 Å². The topological polar surface area (TPSA) is 12.0 Å². The van der Waals surface area contributed by atoms with E-state index in [0.29, 0.717) is 5.41 Å². The van der Waals surface area contributed by atoms with Gasteiger partial charge in [-0.2, -0.15) is 0 Å². The van der Waals surface area contributed by atoms with Gasteiger partial charge in [-0.05, 0) is 24.9 Å². The molecule has 0 aliphatic carbocycles. The minimum absolute atomic E-state index is 0.613. The Morgan fingerprint density at radius 3 is 1.38 bits per heavy atom. The van der Waals surface area contributed by atoms with Gasteiger partial charge in [0, 0.05) is 0 Å². The molecule has 0 aromatic carbocycles. The van der Waals surface area contributed by atoms with Gasteiger partial charge in [0.15, 0.2) is 0 Å². The maximum atomic E-state index is 3.41. The molecule has 1 heteroatoms. The van der Waals surface area contributed by atoms with Crippen molar-refractivity contribution in [1.29, 1.82) is 0 Å². The van der Waals surface area contributed by atoms with Crippen molar-refractivity contribution in [1.82, 2.24) is 5.32 Å². The number of hydrogen-bond acceptors (Lipinski definition) is 1. The molecule has 102 valence electrons. The molecule has 0 heterocycles. The van der Waals surface area contributed by atoms with Crippen LogP contribution in [0.3, 0.4) is 0 Å². The molecule has 0 radical (unpaired) electrons. The predicted octanol–water partition coefficient (Wildman–Crippen LogP) is 5.25. The molecular weight excluding hydrogens is 194 g/mol. The van der Waals surface area contributed by atoms with Crippen LogP contribution in [0.15, 0.2) is 0 Å². The maximum Gasteiger partial charge on any atom is -0.00437 e. The summed E-state index contributed by atoms with van der Waals surface area (Å²) in [5.74, 6) is 0. The lowest BCUT2D eigenvalue weighted by atomic mass is 9.77. The first-order valence-corrected chi connectivity index (χ1v) is 7.45. The largest absolute Gasteiger partial charge is 0.317 e. The normalized spacial score (nSPS) is 9.75. The van der Waals surface area contributed by atoms with E-state index in [-0.39, 0.29) is 0 Å². The molecule has 0 aliphatic heterocycles. The fraction of sp³-hybridized carbons (Fsp3) is 1.00. The van der Waals surface area contributed by atoms with Crippen molar-refractivity contribution in [3.05, 3.63) is 0 Å². The van der Waals surface area contributed by atoms with Gasteiger partial charge in [0.25, 0.3) is 0 Å². The van der Waals surface area contributed by atoms with Gasteiger partial charge in [-0.1, -0.05) is 74.7 Å². The minimum atomic E-state index is 0.613. The van der Waals surface area contributed by atoms with Gasteiger partial charge in [-0.15, -0.1) is 0 Å². The second-order valence-corrected chi connectivity index (χ2v) is 3.66. The highest BCUT2D eigenvalue weighted by molar-refractivity contribution is 4.75. The number of hydrogen-bond donors (Lipinski definition) is 1. The Labute approximate surface area is 105 Å². The molecule has 0 fully saturated rings. The molecule has 0 aromatic heterocycles. The SMILES string of the molecule is CC.CC.CCNCCC(CC)(CC)CC. The van der Waals surface area contributed by atoms with Crippen LogP contribution in [0.1, 0.15) is 81.1 Å². The van der Waals surface area contributed by atoms with Crippen LogP contribution in [0.4, 0.5) is 0 Å². The molecule has 0 rings (SSSR count). The molecular formula is C15H37N. The molecule has 0 spiro atoms. The third-order valence-corrected chi connectivity index (χ3v) is 3.33. The summed E-state index contributed by atoms with van der Waals surface area (Å²) < 4.78 is 0. The zero-order valence-corrected chi connectivity index (χ0v) is 13.2. The van der Waals surface area contributed by atoms with Crippen LogP contribution >= 0.6 is 0 Å². The van der Waals surface area contributed by atoms with Crippen molar-refractivity contribution >= 4 is 0 Å². The van der Waals surface area contributed by atoms with Crippen LogP contribution in [0.25, 0.3) is 0 Å². The van der Waals surface area contributed by atoms with Crippen LogP contribution in [-0.4, -0.2) is 13.1 Å².